The summed E-state index contributed by atoms with van der Waals surface area (Å²) in [5, 5.41) is 3.21. The maximum absolute atomic E-state index is 11.8. The molecule has 82 valence electrons. The minimum atomic E-state index is 0.0218. The van der Waals surface area contributed by atoms with E-state index in [4.69, 9.17) is 0 Å². The van der Waals surface area contributed by atoms with Crippen LogP contribution < -0.4 is 5.32 Å². The number of carbonyl (C=O) groups is 2. The monoisotopic (exact) mass is 207 g/mol. The van der Waals surface area contributed by atoms with Crippen molar-refractivity contribution in [3.63, 3.8) is 0 Å². The van der Waals surface area contributed by atoms with Crippen molar-refractivity contribution in [1.82, 2.24) is 5.32 Å². The van der Waals surface area contributed by atoms with Crippen molar-refractivity contribution in [3.05, 3.63) is 0 Å². The van der Waals surface area contributed by atoms with Gasteiger partial charge in [-0.15, -0.1) is 0 Å². The molecule has 2 aliphatic carbocycles. The molecule has 0 aromatic heterocycles. The molecule has 0 aromatic carbocycles. The zero-order valence-electron chi connectivity index (χ0n) is 8.92. The van der Waals surface area contributed by atoms with Gasteiger partial charge in [0.25, 0.3) is 0 Å². The maximum atomic E-state index is 11.8. The van der Waals surface area contributed by atoms with E-state index in [0.717, 1.165) is 51.2 Å². The van der Waals surface area contributed by atoms with E-state index >= 15 is 0 Å². The van der Waals surface area contributed by atoms with Crippen LogP contribution in [0.5, 0.6) is 0 Å². The molecule has 3 aliphatic rings. The van der Waals surface area contributed by atoms with Crippen LogP contribution in [0.4, 0.5) is 0 Å². The predicted octanol–water partition coefficient (Wildman–Crippen LogP) is 1.41. The van der Waals surface area contributed by atoms with Crippen molar-refractivity contribution >= 4 is 12.2 Å². The Labute approximate surface area is 89.6 Å². The van der Waals surface area contributed by atoms with E-state index in [9.17, 15) is 9.59 Å². The number of amides is 1. The quantitative estimate of drug-likeness (QED) is 0.661. The molecule has 3 heteroatoms. The third-order valence-corrected chi connectivity index (χ3v) is 4.57. The largest absolute Gasteiger partial charge is 0.350 e. The molecule has 2 spiro atoms. The van der Waals surface area contributed by atoms with E-state index in [1.807, 2.05) is 0 Å². The van der Waals surface area contributed by atoms with Crippen molar-refractivity contribution in [2.45, 2.75) is 50.5 Å². The Morgan fingerprint density at radius 1 is 1.20 bits per heavy atom. The van der Waals surface area contributed by atoms with Crippen molar-refractivity contribution in [3.8, 4) is 0 Å². The molecule has 1 N–H and O–H groups in total. The lowest BCUT2D eigenvalue weighted by Gasteiger charge is -2.35. The van der Waals surface area contributed by atoms with Crippen molar-refractivity contribution in [2.75, 3.05) is 0 Å². The van der Waals surface area contributed by atoms with Crippen LogP contribution in [0.2, 0.25) is 0 Å². The topological polar surface area (TPSA) is 46.2 Å². The molecule has 3 rings (SSSR count). The summed E-state index contributed by atoms with van der Waals surface area (Å²) in [6.45, 7) is 0. The first-order chi connectivity index (χ1) is 7.18. The Morgan fingerprint density at radius 2 is 1.87 bits per heavy atom. The summed E-state index contributed by atoms with van der Waals surface area (Å²) in [5.41, 5.74) is 0.0844. The summed E-state index contributed by atoms with van der Waals surface area (Å²) in [5.74, 6) is 0.523. The first-order valence-corrected chi connectivity index (χ1v) is 5.96. The standard InChI is InChI=1S/C12H17NO2/c14-7-9-1-3-12(4-2-9)8-11(5-6-11)10(15)13-12/h7,9H,1-6,8H2,(H,13,15). The van der Waals surface area contributed by atoms with Gasteiger partial charge in [-0.3, -0.25) is 4.79 Å². The van der Waals surface area contributed by atoms with Gasteiger partial charge < -0.3 is 10.1 Å². The third-order valence-electron chi connectivity index (χ3n) is 4.57. The zero-order chi connectivity index (χ0) is 10.5. The number of carbonyl (C=O) groups excluding carboxylic acids is 2. The predicted molar refractivity (Wildman–Crippen MR) is 55.2 cm³/mol. The molecule has 0 unspecified atom stereocenters. The molecular formula is C12H17NO2. The van der Waals surface area contributed by atoms with Gasteiger partial charge in [-0.05, 0) is 44.9 Å². The van der Waals surface area contributed by atoms with Gasteiger partial charge in [-0.1, -0.05) is 0 Å². The molecule has 0 atom stereocenters. The Hall–Kier alpha value is -0.860. The number of rotatable bonds is 1. The summed E-state index contributed by atoms with van der Waals surface area (Å²) < 4.78 is 0. The Bertz CT molecular complexity index is 312. The summed E-state index contributed by atoms with van der Waals surface area (Å²) in [4.78, 5) is 22.5. The first-order valence-electron chi connectivity index (χ1n) is 5.96. The van der Waals surface area contributed by atoms with Crippen LogP contribution in [0, 0.1) is 11.3 Å². The maximum Gasteiger partial charge on any atom is 0.226 e. The lowest BCUT2D eigenvalue weighted by molar-refractivity contribution is -0.124. The SMILES string of the molecule is O=CC1CCC2(CC1)CC1(CC1)C(=O)N2. The van der Waals surface area contributed by atoms with E-state index in [-0.39, 0.29) is 22.8 Å². The summed E-state index contributed by atoms with van der Waals surface area (Å²) in [6, 6.07) is 0. The van der Waals surface area contributed by atoms with Gasteiger partial charge in [0, 0.05) is 11.5 Å². The van der Waals surface area contributed by atoms with E-state index < -0.39 is 0 Å². The first kappa shape index (κ1) is 9.37. The molecule has 1 saturated heterocycles. The molecule has 2 saturated carbocycles. The molecule has 0 aromatic rings. The van der Waals surface area contributed by atoms with Gasteiger partial charge in [0.1, 0.15) is 6.29 Å². The second-order valence-corrected chi connectivity index (χ2v) is 5.67. The van der Waals surface area contributed by atoms with Gasteiger partial charge in [0.05, 0.1) is 5.41 Å². The Balaban J connectivity index is 1.72. The van der Waals surface area contributed by atoms with Gasteiger partial charge in [0.15, 0.2) is 0 Å². The highest BCUT2D eigenvalue weighted by molar-refractivity contribution is 5.88. The Morgan fingerprint density at radius 3 is 2.33 bits per heavy atom. The van der Waals surface area contributed by atoms with Gasteiger partial charge in [-0.2, -0.15) is 0 Å². The van der Waals surface area contributed by atoms with Crippen LogP contribution >= 0.6 is 0 Å². The van der Waals surface area contributed by atoms with Crippen LogP contribution in [0.1, 0.15) is 44.9 Å². The average molecular weight is 207 g/mol. The van der Waals surface area contributed by atoms with Crippen molar-refractivity contribution < 1.29 is 9.59 Å². The van der Waals surface area contributed by atoms with Crippen LogP contribution in [0.3, 0.4) is 0 Å². The smallest absolute Gasteiger partial charge is 0.226 e. The highest BCUT2D eigenvalue weighted by Gasteiger charge is 2.60. The van der Waals surface area contributed by atoms with Crippen LogP contribution in [-0.2, 0) is 9.59 Å². The summed E-state index contributed by atoms with van der Waals surface area (Å²) in [7, 11) is 0. The molecule has 0 bridgehead atoms. The molecule has 15 heavy (non-hydrogen) atoms. The number of aldehydes is 1. The molecule has 3 nitrogen and oxygen atoms in total. The van der Waals surface area contributed by atoms with Gasteiger partial charge in [-0.25, -0.2) is 0 Å². The fraction of sp³-hybridized carbons (Fsp3) is 0.833. The molecular weight excluding hydrogens is 190 g/mol. The van der Waals surface area contributed by atoms with Gasteiger partial charge >= 0.3 is 0 Å². The van der Waals surface area contributed by atoms with E-state index in [2.05, 4.69) is 5.32 Å². The second kappa shape index (κ2) is 2.83. The lowest BCUT2D eigenvalue weighted by atomic mass is 9.74. The van der Waals surface area contributed by atoms with Crippen LogP contribution in [0.25, 0.3) is 0 Å². The van der Waals surface area contributed by atoms with Crippen LogP contribution in [-0.4, -0.2) is 17.7 Å². The minimum absolute atomic E-state index is 0.0218. The highest BCUT2D eigenvalue weighted by atomic mass is 16.2. The van der Waals surface area contributed by atoms with E-state index in [1.165, 1.54) is 0 Å². The fourth-order valence-corrected chi connectivity index (χ4v) is 3.33. The Kier molecular flexibility index (Phi) is 1.77. The van der Waals surface area contributed by atoms with Crippen LogP contribution in [0.15, 0.2) is 0 Å². The lowest BCUT2D eigenvalue weighted by Crippen LogP contribution is -2.44. The zero-order valence-corrected chi connectivity index (χ0v) is 8.92. The minimum Gasteiger partial charge on any atom is -0.350 e. The molecule has 0 radical (unpaired) electrons. The fourth-order valence-electron chi connectivity index (χ4n) is 3.33. The van der Waals surface area contributed by atoms with E-state index in [1.54, 1.807) is 0 Å². The average Bonchev–Trinajstić information content (AvgIpc) is 2.94. The molecule has 1 amide bonds. The number of hydrogen-bond acceptors (Lipinski definition) is 2. The number of nitrogens with one attached hydrogen (secondary N) is 1. The van der Waals surface area contributed by atoms with Gasteiger partial charge in [0.2, 0.25) is 5.91 Å². The van der Waals surface area contributed by atoms with Crippen molar-refractivity contribution in [2.24, 2.45) is 11.3 Å². The second-order valence-electron chi connectivity index (χ2n) is 5.67. The summed E-state index contributed by atoms with van der Waals surface area (Å²) in [6.07, 6.45) is 8.20. The van der Waals surface area contributed by atoms with E-state index in [0.29, 0.717) is 0 Å². The van der Waals surface area contributed by atoms with Crippen molar-refractivity contribution in [1.29, 1.82) is 0 Å². The third kappa shape index (κ3) is 1.32. The molecule has 1 heterocycles. The molecule has 1 aliphatic heterocycles. The highest BCUT2D eigenvalue weighted by Crippen LogP contribution is 2.58. The number of hydrogen-bond donors (Lipinski definition) is 1. The normalized spacial score (nSPS) is 41.9. The summed E-state index contributed by atoms with van der Waals surface area (Å²) >= 11 is 0. The molecule has 3 fully saturated rings.